The number of ether oxygens (including phenoxy) is 1. The summed E-state index contributed by atoms with van der Waals surface area (Å²) in [6.45, 7) is 21.0. The molecule has 2 saturated heterocycles. The summed E-state index contributed by atoms with van der Waals surface area (Å²) in [5.74, 6) is 1.67. The number of piperidine rings is 1. The predicted molar refractivity (Wildman–Crippen MR) is 139 cm³/mol. The summed E-state index contributed by atoms with van der Waals surface area (Å²) in [4.78, 5) is 22.1. The molecule has 0 saturated carbocycles. The molecule has 0 amide bonds. The molecule has 9 heteroatoms. The van der Waals surface area contributed by atoms with Gasteiger partial charge in [-0.05, 0) is 54.4 Å². The fourth-order valence-electron chi connectivity index (χ4n) is 5.34. The largest absolute Gasteiger partial charge is 0.379 e. The molecule has 0 aliphatic carbocycles. The average Bonchev–Trinajstić information content (AvgIpc) is 3.26. The molecular formula is C25H44N8O. The number of nitrogens with zero attached hydrogens (tertiary/aromatic N) is 7. The zero-order chi connectivity index (χ0) is 24.2. The first-order valence-corrected chi connectivity index (χ1v) is 13.2. The second kappa shape index (κ2) is 11.2. The van der Waals surface area contributed by atoms with Gasteiger partial charge >= 0.3 is 0 Å². The Kier molecular flexibility index (Phi) is 8.26. The number of hydrogen-bond acceptors (Lipinski definition) is 8. The molecule has 2 aromatic heterocycles. The Hall–Kier alpha value is -1.97. The van der Waals surface area contributed by atoms with Gasteiger partial charge in [-0.1, -0.05) is 0 Å². The van der Waals surface area contributed by atoms with Crippen molar-refractivity contribution in [3.05, 3.63) is 6.33 Å². The summed E-state index contributed by atoms with van der Waals surface area (Å²) in [5.41, 5.74) is 1.78. The van der Waals surface area contributed by atoms with Crippen molar-refractivity contribution in [2.45, 2.75) is 78.6 Å². The van der Waals surface area contributed by atoms with Crippen LogP contribution in [0.4, 0.5) is 11.8 Å². The van der Waals surface area contributed by atoms with Crippen molar-refractivity contribution in [1.29, 1.82) is 0 Å². The Morgan fingerprint density at radius 2 is 1.68 bits per heavy atom. The number of fused-ring (bicyclic) bond motifs is 1. The maximum Gasteiger partial charge on any atom is 0.229 e. The Morgan fingerprint density at radius 1 is 1.00 bits per heavy atom. The van der Waals surface area contributed by atoms with Crippen molar-refractivity contribution < 1.29 is 4.74 Å². The van der Waals surface area contributed by atoms with E-state index in [9.17, 15) is 0 Å². The quantitative estimate of drug-likeness (QED) is 0.596. The molecule has 190 valence electrons. The minimum atomic E-state index is 0.296. The SMILES string of the molecule is CC(C)N(CCNc1nc(N2CCC(N3CCOCC3)CC2)nc2c1ncn2C(C)C)C(C)C. The summed E-state index contributed by atoms with van der Waals surface area (Å²) in [6, 6.07) is 1.96. The van der Waals surface area contributed by atoms with Crippen LogP contribution in [0.15, 0.2) is 6.33 Å². The maximum atomic E-state index is 5.54. The molecule has 2 aliphatic rings. The summed E-state index contributed by atoms with van der Waals surface area (Å²) in [6.07, 6.45) is 4.19. The molecule has 2 fully saturated rings. The average molecular weight is 473 g/mol. The fraction of sp³-hybridized carbons (Fsp3) is 0.800. The summed E-state index contributed by atoms with van der Waals surface area (Å²) in [7, 11) is 0. The Balaban J connectivity index is 1.51. The summed E-state index contributed by atoms with van der Waals surface area (Å²) in [5, 5.41) is 3.60. The first-order chi connectivity index (χ1) is 16.3. The maximum absolute atomic E-state index is 5.54. The van der Waals surface area contributed by atoms with Gasteiger partial charge in [-0.3, -0.25) is 9.80 Å². The Morgan fingerprint density at radius 3 is 2.29 bits per heavy atom. The van der Waals surface area contributed by atoms with E-state index in [1.54, 1.807) is 0 Å². The van der Waals surface area contributed by atoms with Crippen molar-refractivity contribution in [2.24, 2.45) is 0 Å². The van der Waals surface area contributed by atoms with Crippen LogP contribution in [0, 0.1) is 0 Å². The molecule has 4 heterocycles. The van der Waals surface area contributed by atoms with E-state index in [4.69, 9.17) is 19.7 Å². The molecule has 9 nitrogen and oxygen atoms in total. The van der Waals surface area contributed by atoms with Crippen LogP contribution in [-0.2, 0) is 4.74 Å². The van der Waals surface area contributed by atoms with Crippen LogP contribution < -0.4 is 10.2 Å². The van der Waals surface area contributed by atoms with Crippen LogP contribution in [0.3, 0.4) is 0 Å². The van der Waals surface area contributed by atoms with E-state index in [0.29, 0.717) is 24.2 Å². The van der Waals surface area contributed by atoms with E-state index in [0.717, 1.165) is 88.3 Å². The lowest BCUT2D eigenvalue weighted by molar-refractivity contribution is 0.0114. The fourth-order valence-corrected chi connectivity index (χ4v) is 5.34. The number of imidazole rings is 1. The highest BCUT2D eigenvalue weighted by Crippen LogP contribution is 2.27. The van der Waals surface area contributed by atoms with E-state index in [1.165, 1.54) is 0 Å². The summed E-state index contributed by atoms with van der Waals surface area (Å²) >= 11 is 0. The molecule has 34 heavy (non-hydrogen) atoms. The molecular weight excluding hydrogens is 428 g/mol. The molecule has 2 aromatic rings. The molecule has 0 atom stereocenters. The minimum absolute atomic E-state index is 0.296. The van der Waals surface area contributed by atoms with Crippen molar-refractivity contribution in [3.63, 3.8) is 0 Å². The second-order valence-corrected chi connectivity index (χ2v) is 10.5. The molecule has 4 rings (SSSR count). The molecule has 0 aromatic carbocycles. The van der Waals surface area contributed by atoms with Gasteiger partial charge in [-0.15, -0.1) is 0 Å². The van der Waals surface area contributed by atoms with E-state index < -0.39 is 0 Å². The van der Waals surface area contributed by atoms with E-state index in [1.807, 2.05) is 6.33 Å². The smallest absolute Gasteiger partial charge is 0.229 e. The van der Waals surface area contributed by atoms with Gasteiger partial charge in [0.15, 0.2) is 17.0 Å². The molecule has 0 spiro atoms. The van der Waals surface area contributed by atoms with E-state index >= 15 is 0 Å². The van der Waals surface area contributed by atoms with Crippen LogP contribution in [0.2, 0.25) is 0 Å². The van der Waals surface area contributed by atoms with E-state index in [-0.39, 0.29) is 0 Å². The lowest BCUT2D eigenvalue weighted by Crippen LogP contribution is -2.49. The minimum Gasteiger partial charge on any atom is -0.379 e. The number of hydrogen-bond donors (Lipinski definition) is 1. The third-order valence-corrected chi connectivity index (χ3v) is 7.26. The van der Waals surface area contributed by atoms with Gasteiger partial charge in [0, 0.05) is 63.4 Å². The van der Waals surface area contributed by atoms with Crippen molar-refractivity contribution in [3.8, 4) is 0 Å². The Bertz CT molecular complexity index is 905. The van der Waals surface area contributed by atoms with Crippen molar-refractivity contribution in [2.75, 3.05) is 62.7 Å². The molecule has 0 bridgehead atoms. The van der Waals surface area contributed by atoms with Gasteiger partial charge < -0.3 is 19.5 Å². The van der Waals surface area contributed by atoms with Crippen LogP contribution in [0.5, 0.6) is 0 Å². The highest BCUT2D eigenvalue weighted by atomic mass is 16.5. The normalized spacial score (nSPS) is 18.8. The summed E-state index contributed by atoms with van der Waals surface area (Å²) < 4.78 is 7.69. The molecule has 0 radical (unpaired) electrons. The van der Waals surface area contributed by atoms with Crippen LogP contribution in [0.1, 0.15) is 60.4 Å². The number of aromatic nitrogens is 4. The number of anilines is 2. The van der Waals surface area contributed by atoms with Gasteiger partial charge in [-0.25, -0.2) is 4.98 Å². The number of morpholine rings is 1. The number of nitrogens with one attached hydrogen (secondary N) is 1. The van der Waals surface area contributed by atoms with Crippen LogP contribution in [-0.4, -0.2) is 99.9 Å². The second-order valence-electron chi connectivity index (χ2n) is 10.5. The van der Waals surface area contributed by atoms with Gasteiger partial charge in [0.1, 0.15) is 0 Å². The third kappa shape index (κ3) is 5.63. The molecule has 0 unspecified atom stereocenters. The molecule has 2 aliphatic heterocycles. The van der Waals surface area contributed by atoms with E-state index in [2.05, 4.69) is 66.1 Å². The topological polar surface area (TPSA) is 74.6 Å². The van der Waals surface area contributed by atoms with Crippen LogP contribution >= 0.6 is 0 Å². The van der Waals surface area contributed by atoms with Crippen molar-refractivity contribution >= 4 is 22.9 Å². The standard InChI is InChI=1S/C25H44N8O/c1-18(2)32(19(3)4)12-9-26-23-22-24(33(17-27-22)20(5)6)29-25(28-23)31-10-7-21(8-11-31)30-13-15-34-16-14-30/h17-21H,7-16H2,1-6H3,(H,26,28,29). The zero-order valence-corrected chi connectivity index (χ0v) is 22.0. The van der Waals surface area contributed by atoms with Gasteiger partial charge in [0.25, 0.3) is 0 Å². The third-order valence-electron chi connectivity index (χ3n) is 7.26. The highest BCUT2D eigenvalue weighted by molar-refractivity contribution is 5.84. The first kappa shape index (κ1) is 25.1. The van der Waals surface area contributed by atoms with Crippen LogP contribution in [0.25, 0.3) is 11.2 Å². The zero-order valence-electron chi connectivity index (χ0n) is 22.0. The van der Waals surface area contributed by atoms with Gasteiger partial charge in [-0.2, -0.15) is 9.97 Å². The van der Waals surface area contributed by atoms with Gasteiger partial charge in [0.2, 0.25) is 5.95 Å². The monoisotopic (exact) mass is 472 g/mol. The lowest BCUT2D eigenvalue weighted by Gasteiger charge is -2.40. The highest BCUT2D eigenvalue weighted by Gasteiger charge is 2.28. The molecule has 1 N–H and O–H groups in total. The predicted octanol–water partition coefficient (Wildman–Crippen LogP) is 3.24. The Labute approximate surface area is 204 Å². The van der Waals surface area contributed by atoms with Gasteiger partial charge in [0.05, 0.1) is 19.5 Å². The number of rotatable bonds is 9. The first-order valence-electron chi connectivity index (χ1n) is 13.2. The van der Waals surface area contributed by atoms with Crippen molar-refractivity contribution in [1.82, 2.24) is 29.3 Å². The lowest BCUT2D eigenvalue weighted by atomic mass is 10.0.